The van der Waals surface area contributed by atoms with Crippen molar-refractivity contribution >= 4 is 5.91 Å². The molecule has 13 heavy (non-hydrogen) atoms. The molecule has 2 rings (SSSR count). The molecular formula is C11H15NO. The molecule has 2 nitrogen and oxygen atoms in total. The van der Waals surface area contributed by atoms with Crippen molar-refractivity contribution < 1.29 is 4.79 Å². The third kappa shape index (κ3) is 1.67. The molecule has 1 aliphatic heterocycles. The van der Waals surface area contributed by atoms with Crippen LogP contribution in [0.5, 0.6) is 0 Å². The maximum Gasteiger partial charge on any atom is 0.227 e. The normalized spacial score (nSPS) is 28.1. The Morgan fingerprint density at radius 1 is 1.46 bits per heavy atom. The van der Waals surface area contributed by atoms with Crippen molar-refractivity contribution in [3.05, 3.63) is 23.9 Å². The summed E-state index contributed by atoms with van der Waals surface area (Å²) in [6.45, 7) is 3.03. The van der Waals surface area contributed by atoms with Crippen LogP contribution in [-0.2, 0) is 4.79 Å². The van der Waals surface area contributed by atoms with E-state index in [4.69, 9.17) is 0 Å². The van der Waals surface area contributed by atoms with Crippen LogP contribution in [0, 0.1) is 5.92 Å². The van der Waals surface area contributed by atoms with Crippen LogP contribution in [0.15, 0.2) is 23.9 Å². The molecule has 0 radical (unpaired) electrons. The number of likely N-dealkylation sites (tertiary alicyclic amines) is 1. The second-order valence-electron chi connectivity index (χ2n) is 3.92. The number of hydrogen-bond acceptors (Lipinski definition) is 1. The van der Waals surface area contributed by atoms with Gasteiger partial charge in [-0.3, -0.25) is 4.79 Å². The van der Waals surface area contributed by atoms with Crippen LogP contribution in [0.1, 0.15) is 26.2 Å². The van der Waals surface area contributed by atoms with E-state index in [1.165, 1.54) is 0 Å². The Morgan fingerprint density at radius 2 is 2.31 bits per heavy atom. The fraction of sp³-hybridized carbons (Fsp3) is 0.545. The minimum atomic E-state index is 0.283. The van der Waals surface area contributed by atoms with Gasteiger partial charge in [0.2, 0.25) is 5.91 Å². The average molecular weight is 177 g/mol. The van der Waals surface area contributed by atoms with E-state index in [1.807, 2.05) is 4.90 Å². The average Bonchev–Trinajstić information content (AvgIpc) is 2.47. The van der Waals surface area contributed by atoms with Gasteiger partial charge in [-0.1, -0.05) is 19.1 Å². The van der Waals surface area contributed by atoms with E-state index in [9.17, 15) is 4.79 Å². The maximum atomic E-state index is 11.5. The van der Waals surface area contributed by atoms with Crippen LogP contribution in [0.2, 0.25) is 0 Å². The van der Waals surface area contributed by atoms with Crippen molar-refractivity contribution in [2.75, 3.05) is 6.54 Å². The molecule has 0 bridgehead atoms. The van der Waals surface area contributed by atoms with Gasteiger partial charge >= 0.3 is 0 Å². The first-order chi connectivity index (χ1) is 6.27. The number of rotatable bonds is 1. The summed E-state index contributed by atoms with van der Waals surface area (Å²) in [5.74, 6) is 0.800. The summed E-state index contributed by atoms with van der Waals surface area (Å²) in [6, 6.07) is 0. The highest BCUT2D eigenvalue weighted by Crippen LogP contribution is 2.24. The smallest absolute Gasteiger partial charge is 0.227 e. The number of carbonyl (C=O) groups is 1. The van der Waals surface area contributed by atoms with Gasteiger partial charge in [0.15, 0.2) is 0 Å². The molecule has 0 spiro atoms. The molecule has 0 aromatic heterocycles. The predicted molar refractivity (Wildman–Crippen MR) is 52.0 cm³/mol. The van der Waals surface area contributed by atoms with Crippen LogP contribution < -0.4 is 0 Å². The van der Waals surface area contributed by atoms with Crippen LogP contribution in [0.3, 0.4) is 0 Å². The fourth-order valence-electron chi connectivity index (χ4n) is 1.94. The molecule has 0 aromatic carbocycles. The van der Waals surface area contributed by atoms with E-state index in [1.54, 1.807) is 0 Å². The van der Waals surface area contributed by atoms with Crippen LogP contribution in [0.4, 0.5) is 0 Å². The van der Waals surface area contributed by atoms with Gasteiger partial charge in [0, 0.05) is 18.7 Å². The van der Waals surface area contributed by atoms with E-state index in [0.717, 1.165) is 25.1 Å². The Labute approximate surface area is 78.9 Å². The summed E-state index contributed by atoms with van der Waals surface area (Å²) in [5, 5.41) is 0. The summed E-state index contributed by atoms with van der Waals surface area (Å²) < 4.78 is 0. The molecule has 0 saturated carbocycles. The molecule has 1 heterocycles. The lowest BCUT2D eigenvalue weighted by Gasteiger charge is -2.19. The maximum absolute atomic E-state index is 11.5. The summed E-state index contributed by atoms with van der Waals surface area (Å²) in [4.78, 5) is 13.5. The van der Waals surface area contributed by atoms with E-state index < -0.39 is 0 Å². The molecule has 1 fully saturated rings. The topological polar surface area (TPSA) is 20.3 Å². The predicted octanol–water partition coefficient (Wildman–Crippen LogP) is 2.09. The molecule has 1 saturated heterocycles. The third-order valence-corrected chi connectivity index (χ3v) is 2.61. The third-order valence-electron chi connectivity index (χ3n) is 2.61. The highest BCUT2D eigenvalue weighted by Gasteiger charge is 2.28. The van der Waals surface area contributed by atoms with Gasteiger partial charge in [0.25, 0.3) is 0 Å². The Hall–Kier alpha value is -1.05. The van der Waals surface area contributed by atoms with Gasteiger partial charge in [0.05, 0.1) is 0 Å². The minimum absolute atomic E-state index is 0.283. The summed E-state index contributed by atoms with van der Waals surface area (Å²) >= 11 is 0. The zero-order valence-electron chi connectivity index (χ0n) is 7.99. The van der Waals surface area contributed by atoms with Gasteiger partial charge in [-0.15, -0.1) is 0 Å². The first kappa shape index (κ1) is 8.54. The molecule has 1 amide bonds. The zero-order valence-corrected chi connectivity index (χ0v) is 7.99. The fourth-order valence-corrected chi connectivity index (χ4v) is 1.94. The zero-order chi connectivity index (χ0) is 9.26. The molecular weight excluding hydrogens is 162 g/mol. The summed E-state index contributed by atoms with van der Waals surface area (Å²) in [7, 11) is 0. The van der Waals surface area contributed by atoms with Crippen LogP contribution in [-0.4, -0.2) is 17.4 Å². The summed E-state index contributed by atoms with van der Waals surface area (Å²) in [5.41, 5.74) is 1.11. The van der Waals surface area contributed by atoms with Crippen molar-refractivity contribution in [1.82, 2.24) is 4.90 Å². The number of allylic oxidation sites excluding steroid dienone is 3. The van der Waals surface area contributed by atoms with E-state index in [2.05, 4.69) is 25.2 Å². The highest BCUT2D eigenvalue weighted by atomic mass is 16.2. The van der Waals surface area contributed by atoms with Crippen molar-refractivity contribution in [3.8, 4) is 0 Å². The van der Waals surface area contributed by atoms with Crippen molar-refractivity contribution in [1.29, 1.82) is 0 Å². The molecule has 2 aliphatic rings. The monoisotopic (exact) mass is 177 g/mol. The minimum Gasteiger partial charge on any atom is -0.312 e. The summed E-state index contributed by atoms with van der Waals surface area (Å²) in [6.07, 6.45) is 9.28. The van der Waals surface area contributed by atoms with Crippen molar-refractivity contribution in [3.63, 3.8) is 0 Å². The molecule has 1 unspecified atom stereocenters. The lowest BCUT2D eigenvalue weighted by molar-refractivity contribution is -0.125. The highest BCUT2D eigenvalue weighted by molar-refractivity contribution is 5.81. The second kappa shape index (κ2) is 3.36. The SMILES string of the molecule is CC1CC(=O)N(C2=CCCC=C2)C1. The van der Waals surface area contributed by atoms with Gasteiger partial charge in [-0.25, -0.2) is 0 Å². The van der Waals surface area contributed by atoms with Crippen molar-refractivity contribution in [2.45, 2.75) is 26.2 Å². The number of hydrogen-bond donors (Lipinski definition) is 0. The lowest BCUT2D eigenvalue weighted by atomic mass is 10.1. The molecule has 1 atom stereocenters. The largest absolute Gasteiger partial charge is 0.312 e. The van der Waals surface area contributed by atoms with Gasteiger partial charge < -0.3 is 4.90 Å². The number of nitrogens with zero attached hydrogens (tertiary/aromatic N) is 1. The second-order valence-corrected chi connectivity index (χ2v) is 3.92. The van der Waals surface area contributed by atoms with Gasteiger partial charge in [0.1, 0.15) is 0 Å². The van der Waals surface area contributed by atoms with Gasteiger partial charge in [-0.2, -0.15) is 0 Å². The quantitative estimate of drug-likeness (QED) is 0.600. The lowest BCUT2D eigenvalue weighted by Crippen LogP contribution is -2.23. The van der Waals surface area contributed by atoms with Crippen molar-refractivity contribution in [2.24, 2.45) is 5.92 Å². The van der Waals surface area contributed by atoms with Crippen LogP contribution >= 0.6 is 0 Å². The number of carbonyl (C=O) groups excluding carboxylic acids is 1. The molecule has 0 aromatic rings. The Balaban J connectivity index is 2.12. The Morgan fingerprint density at radius 3 is 2.85 bits per heavy atom. The first-order valence-corrected chi connectivity index (χ1v) is 4.94. The standard InChI is InChI=1S/C11H15NO/c1-9-7-11(13)12(8-9)10-5-3-2-4-6-10/h3,5-6,9H,2,4,7-8H2,1H3. The van der Waals surface area contributed by atoms with E-state index in [-0.39, 0.29) is 5.91 Å². The molecule has 70 valence electrons. The molecule has 2 heteroatoms. The Kier molecular flexibility index (Phi) is 2.21. The van der Waals surface area contributed by atoms with E-state index in [0.29, 0.717) is 12.3 Å². The van der Waals surface area contributed by atoms with Gasteiger partial charge in [-0.05, 0) is 24.8 Å². The van der Waals surface area contributed by atoms with Crippen LogP contribution in [0.25, 0.3) is 0 Å². The first-order valence-electron chi connectivity index (χ1n) is 4.94. The molecule has 1 aliphatic carbocycles. The Bertz CT molecular complexity index is 278. The van der Waals surface area contributed by atoms with E-state index >= 15 is 0 Å². The number of amides is 1. The molecule has 0 N–H and O–H groups in total.